The van der Waals surface area contributed by atoms with Crippen LogP contribution in [-0.4, -0.2) is 57.0 Å². The molecule has 2 saturated carbocycles. The molecule has 0 spiro atoms. The van der Waals surface area contributed by atoms with Crippen LogP contribution < -0.4 is 10.6 Å². The number of amides is 1. The van der Waals surface area contributed by atoms with E-state index in [0.29, 0.717) is 0 Å². The Bertz CT molecular complexity index is 1160. The molecule has 0 aromatic heterocycles. The number of carbonyl (C=O) groups is 2. The minimum absolute atomic E-state index is 0.0386. The van der Waals surface area contributed by atoms with Gasteiger partial charge in [0.1, 0.15) is 10.8 Å². The molecule has 34 heavy (non-hydrogen) atoms. The first-order valence-corrected chi connectivity index (χ1v) is 13.2. The average Bonchev–Trinajstić information content (AvgIpc) is 3.44. The molecule has 3 N–H and O–H groups in total. The summed E-state index contributed by atoms with van der Waals surface area (Å²) in [4.78, 5) is 26.6. The van der Waals surface area contributed by atoms with Crippen LogP contribution >= 0.6 is 11.6 Å². The number of hydrogen-bond acceptors (Lipinski definition) is 7. The molecule has 3 fully saturated rings. The van der Waals surface area contributed by atoms with Crippen LogP contribution in [0.25, 0.3) is 0 Å². The van der Waals surface area contributed by atoms with Gasteiger partial charge in [0.25, 0.3) is 0 Å². The predicted molar refractivity (Wildman–Crippen MR) is 124 cm³/mol. The van der Waals surface area contributed by atoms with Crippen LogP contribution in [0, 0.1) is 28.1 Å². The molecule has 11 heteroatoms. The molecule has 4 rings (SSSR count). The number of aliphatic carboxylic acids is 1. The topological polar surface area (TPSA) is 151 Å². The van der Waals surface area contributed by atoms with Crippen LogP contribution in [0.5, 0.6) is 0 Å². The van der Waals surface area contributed by atoms with E-state index in [9.17, 15) is 28.4 Å². The number of nitrogens with two attached hydrogens (primary N) is 1. The van der Waals surface area contributed by atoms with E-state index >= 15 is 0 Å². The van der Waals surface area contributed by atoms with Gasteiger partial charge in [0.15, 0.2) is 9.84 Å². The average molecular weight is 510 g/mol. The summed E-state index contributed by atoms with van der Waals surface area (Å²) in [6.07, 6.45) is 1.85. The summed E-state index contributed by atoms with van der Waals surface area (Å²) in [5, 5.41) is 18.8. The Balaban J connectivity index is 1.67. The molecule has 1 aromatic rings. The van der Waals surface area contributed by atoms with Crippen LogP contribution in [-0.2, 0) is 24.2 Å². The van der Waals surface area contributed by atoms with Crippen molar-refractivity contribution in [2.75, 3.05) is 25.1 Å². The van der Waals surface area contributed by atoms with E-state index in [1.54, 1.807) is 12.1 Å². The van der Waals surface area contributed by atoms with Crippen molar-refractivity contribution in [3.63, 3.8) is 0 Å². The van der Waals surface area contributed by atoms with E-state index in [1.807, 2.05) is 6.07 Å². The van der Waals surface area contributed by atoms with E-state index in [4.69, 9.17) is 22.1 Å². The Morgan fingerprint density at radius 2 is 1.94 bits per heavy atom. The molecule has 1 heterocycles. The summed E-state index contributed by atoms with van der Waals surface area (Å²) in [7, 11) is -2.72. The number of nitrogens with zero attached hydrogens (tertiary/aromatic N) is 2. The first kappa shape index (κ1) is 24.8. The highest BCUT2D eigenvalue weighted by atomic mass is 35.5. The van der Waals surface area contributed by atoms with Gasteiger partial charge in [-0.05, 0) is 56.7 Å². The Morgan fingerprint density at radius 1 is 1.26 bits per heavy atom. The van der Waals surface area contributed by atoms with Gasteiger partial charge < -0.3 is 20.5 Å². The number of sulfone groups is 1. The zero-order chi connectivity index (χ0) is 24.9. The van der Waals surface area contributed by atoms with Gasteiger partial charge in [-0.1, -0.05) is 11.6 Å². The fourth-order valence-electron chi connectivity index (χ4n) is 5.91. The number of anilines is 1. The molecule has 2 aliphatic carbocycles. The summed E-state index contributed by atoms with van der Waals surface area (Å²) < 4.78 is 32.7. The van der Waals surface area contributed by atoms with Crippen LogP contribution in [0.1, 0.15) is 38.5 Å². The first-order valence-electron chi connectivity index (χ1n) is 11.3. The van der Waals surface area contributed by atoms with E-state index in [1.165, 1.54) is 13.2 Å². The van der Waals surface area contributed by atoms with Crippen LogP contribution in [0.15, 0.2) is 23.1 Å². The van der Waals surface area contributed by atoms with E-state index in [0.717, 1.165) is 38.0 Å². The third-order valence-corrected chi connectivity index (χ3v) is 10.5. The van der Waals surface area contributed by atoms with Crippen LogP contribution in [0.2, 0.25) is 5.02 Å². The van der Waals surface area contributed by atoms with Crippen molar-refractivity contribution in [2.24, 2.45) is 22.5 Å². The predicted octanol–water partition coefficient (Wildman–Crippen LogP) is 2.37. The highest BCUT2D eigenvalue weighted by Crippen LogP contribution is 2.66. The van der Waals surface area contributed by atoms with Gasteiger partial charge >= 0.3 is 5.97 Å². The number of halogens is 1. The van der Waals surface area contributed by atoms with Gasteiger partial charge in [-0.15, -0.1) is 0 Å². The minimum Gasteiger partial charge on any atom is -0.481 e. The Morgan fingerprint density at radius 3 is 2.44 bits per heavy atom. The number of carboxylic acid groups (broad SMARTS) is 1. The number of rotatable bonds is 7. The van der Waals surface area contributed by atoms with Crippen molar-refractivity contribution < 1.29 is 27.9 Å². The maximum atomic E-state index is 13.6. The third-order valence-electron chi connectivity index (χ3n) is 7.90. The fourth-order valence-corrected chi connectivity index (χ4v) is 8.28. The number of carbonyl (C=O) groups excluding carboxylic acids is 1. The van der Waals surface area contributed by atoms with Crippen molar-refractivity contribution >= 4 is 39.0 Å². The summed E-state index contributed by atoms with van der Waals surface area (Å²) >= 11 is 6.44. The number of primary amides is 1. The zero-order valence-corrected chi connectivity index (χ0v) is 20.4. The Kier molecular flexibility index (Phi) is 6.34. The molecular weight excluding hydrogens is 482 g/mol. The van der Waals surface area contributed by atoms with Gasteiger partial charge in [-0.25, -0.2) is 8.42 Å². The van der Waals surface area contributed by atoms with Gasteiger partial charge in [0, 0.05) is 31.8 Å². The van der Waals surface area contributed by atoms with Crippen molar-refractivity contribution in [3.8, 4) is 6.07 Å². The van der Waals surface area contributed by atoms with Gasteiger partial charge in [0.05, 0.1) is 27.3 Å². The van der Waals surface area contributed by atoms with Crippen molar-refractivity contribution in [1.29, 1.82) is 5.26 Å². The largest absolute Gasteiger partial charge is 0.481 e. The number of carboxylic acids is 1. The Labute approximate surface area is 203 Å². The van der Waals surface area contributed by atoms with Gasteiger partial charge in [-0.3, -0.25) is 9.59 Å². The molecule has 2 unspecified atom stereocenters. The van der Waals surface area contributed by atoms with E-state index < -0.39 is 49.8 Å². The highest BCUT2D eigenvalue weighted by Gasteiger charge is 2.75. The van der Waals surface area contributed by atoms with Gasteiger partial charge in [-0.2, -0.15) is 5.26 Å². The maximum absolute atomic E-state index is 13.6. The molecule has 184 valence electrons. The number of benzene rings is 1. The van der Waals surface area contributed by atoms with Gasteiger partial charge in [0.2, 0.25) is 5.91 Å². The molecule has 1 saturated heterocycles. The lowest BCUT2D eigenvalue weighted by molar-refractivity contribution is -0.159. The lowest BCUT2D eigenvalue weighted by Crippen LogP contribution is -2.44. The summed E-state index contributed by atoms with van der Waals surface area (Å²) in [6, 6.07) is 6.71. The van der Waals surface area contributed by atoms with Crippen molar-refractivity contribution in [1.82, 2.24) is 0 Å². The molecule has 0 radical (unpaired) electrons. The van der Waals surface area contributed by atoms with Crippen LogP contribution in [0.4, 0.5) is 5.69 Å². The molecule has 9 nitrogen and oxygen atoms in total. The van der Waals surface area contributed by atoms with Crippen molar-refractivity contribution in [2.45, 2.75) is 54.8 Å². The molecule has 3 aliphatic rings. The monoisotopic (exact) mass is 509 g/mol. The first-order chi connectivity index (χ1) is 16.0. The molecule has 1 aliphatic heterocycles. The lowest BCUT2D eigenvalue weighted by Gasteiger charge is -2.31. The third kappa shape index (κ3) is 3.65. The van der Waals surface area contributed by atoms with Crippen LogP contribution in [0.3, 0.4) is 0 Å². The summed E-state index contributed by atoms with van der Waals surface area (Å²) in [6.45, 7) is 1.76. The van der Waals surface area contributed by atoms with Crippen molar-refractivity contribution in [3.05, 3.63) is 23.2 Å². The Hall–Kier alpha value is -2.35. The molecule has 1 amide bonds. The summed E-state index contributed by atoms with van der Waals surface area (Å²) in [5.41, 5.74) is 2.91. The number of nitriles is 1. The highest BCUT2D eigenvalue weighted by molar-refractivity contribution is 7.92. The number of ether oxygens (including phenoxy) is 1. The number of methoxy groups -OCH3 is 1. The SMILES string of the molecule is CO[C@@H]1C[C@H](S(=O)(=O)c2ccc(N3CCCCC3)cc2Cl)C[C@@]1(C(=O)O)C1CC1(C#N)C(N)=O. The maximum Gasteiger partial charge on any atom is 0.312 e. The molecule has 0 bridgehead atoms. The second-order valence-electron chi connectivity index (χ2n) is 9.54. The zero-order valence-electron chi connectivity index (χ0n) is 18.9. The van der Waals surface area contributed by atoms with E-state index in [-0.39, 0.29) is 29.2 Å². The molecule has 1 aromatic carbocycles. The number of piperidine rings is 1. The van der Waals surface area contributed by atoms with E-state index in [2.05, 4.69) is 4.90 Å². The quantitative estimate of drug-likeness (QED) is 0.568. The second-order valence-corrected chi connectivity index (χ2v) is 12.1. The number of hydrogen-bond donors (Lipinski definition) is 2. The molecular formula is C23H28ClN3O6S. The second kappa shape index (κ2) is 8.70. The summed E-state index contributed by atoms with van der Waals surface area (Å²) in [5.74, 6) is -3.13. The normalized spacial score (nSPS) is 33.3. The molecule has 5 atom stereocenters. The lowest BCUT2D eigenvalue weighted by atomic mass is 9.75. The smallest absolute Gasteiger partial charge is 0.312 e. The fraction of sp³-hybridized carbons (Fsp3) is 0.609. The standard InChI is InChI=1S/C23H28ClN3O6S/c1-33-19-10-15(11-23(19,21(29)30)18-12-22(18,13-25)20(26)28)34(31,32)17-6-5-14(9-16(17)24)27-7-3-2-4-8-27/h5-6,9,15,18-19H,2-4,7-8,10-12H2,1H3,(H2,26,28)(H,29,30)/t15-,18?,19+,22?,23+/m0/s1. The minimum atomic E-state index is -4.03.